The molecule has 3 fully saturated rings. The first kappa shape index (κ1) is 29.0. The van der Waals surface area contributed by atoms with Crippen molar-refractivity contribution in [2.24, 2.45) is 11.8 Å². The van der Waals surface area contributed by atoms with Gasteiger partial charge in [0.05, 0.1) is 38.4 Å². The van der Waals surface area contributed by atoms with Crippen molar-refractivity contribution in [3.63, 3.8) is 0 Å². The van der Waals surface area contributed by atoms with Gasteiger partial charge in [0.2, 0.25) is 11.8 Å². The number of cyclic esters (lactones) is 1. The second kappa shape index (κ2) is 11.9. The minimum atomic E-state index is -1.40. The predicted octanol–water partition coefficient (Wildman–Crippen LogP) is 1.70. The molecule has 10 heteroatoms. The molecule has 1 unspecified atom stereocenters. The van der Waals surface area contributed by atoms with Crippen LogP contribution in [0.4, 0.5) is 0 Å². The van der Waals surface area contributed by atoms with E-state index in [1.54, 1.807) is 4.90 Å². The Kier molecular flexibility index (Phi) is 8.24. The van der Waals surface area contributed by atoms with E-state index in [1.165, 1.54) is 4.90 Å². The van der Waals surface area contributed by atoms with Crippen molar-refractivity contribution < 1.29 is 33.7 Å². The van der Waals surface area contributed by atoms with Crippen molar-refractivity contribution >= 4 is 17.8 Å². The number of allylic oxidation sites excluding steroid dienone is 1. The highest BCUT2D eigenvalue weighted by molar-refractivity contribution is 5.99. The van der Waals surface area contributed by atoms with Crippen molar-refractivity contribution in [3.8, 4) is 0 Å². The van der Waals surface area contributed by atoms with Crippen LogP contribution in [-0.2, 0) is 28.6 Å². The first-order valence-corrected chi connectivity index (χ1v) is 15.2. The van der Waals surface area contributed by atoms with E-state index >= 15 is 0 Å². The summed E-state index contributed by atoms with van der Waals surface area (Å²) in [7, 11) is 0. The number of benzene rings is 1. The van der Waals surface area contributed by atoms with Crippen LogP contribution in [0, 0.1) is 11.8 Å². The summed E-state index contributed by atoms with van der Waals surface area (Å²) in [5.74, 6) is -3.00. The Hall–Kier alpha value is -3.05. The number of hydrogen-bond donors (Lipinski definition) is 1. The lowest BCUT2D eigenvalue weighted by Crippen LogP contribution is -2.57. The van der Waals surface area contributed by atoms with E-state index in [2.05, 4.69) is 4.90 Å². The van der Waals surface area contributed by atoms with E-state index in [4.69, 9.17) is 14.2 Å². The standard InChI is InChI=1S/C32H41N3O7/c1-2-31-12-7-4-8-19-41-30(39)26(31)25-28(37)35(24(22-36)23-10-5-3-6-11-23)27-29(38)34(14-9-13-32(25,27)42-31)16-15-33-17-20-40-21-18-33/h3,5-7,9-13,24-27,36H,2,4,8,14-22H2,1H3/b12-7-/t24-,25+,26-,27?,31+,32+/m1/s1. The minimum absolute atomic E-state index is 0.242. The molecule has 226 valence electrons. The van der Waals surface area contributed by atoms with E-state index in [0.717, 1.165) is 19.5 Å². The first-order valence-electron chi connectivity index (χ1n) is 15.2. The Labute approximate surface area is 246 Å². The quantitative estimate of drug-likeness (QED) is 0.384. The SMILES string of the molecule is CC[C@]12/C=C\CCCOC(=O)[C@H]1[C@H]1C(=O)N([C@H](CO)c3ccccc3)C3C(=O)N(CCN4CCOCC4)CC=C[C@@]31O2. The fourth-order valence-electron chi connectivity index (χ4n) is 7.51. The molecule has 5 heterocycles. The molecule has 2 amide bonds. The fourth-order valence-corrected chi connectivity index (χ4v) is 7.51. The van der Waals surface area contributed by atoms with Crippen LogP contribution >= 0.6 is 0 Å². The molecule has 0 aliphatic carbocycles. The van der Waals surface area contributed by atoms with Gasteiger partial charge in [-0.1, -0.05) is 61.6 Å². The number of aliphatic hydroxyl groups excluding tert-OH is 1. The van der Waals surface area contributed by atoms with Crippen molar-refractivity contribution in [2.75, 3.05) is 59.2 Å². The smallest absolute Gasteiger partial charge is 0.313 e. The van der Waals surface area contributed by atoms with Crippen LogP contribution in [0.15, 0.2) is 54.6 Å². The third-order valence-electron chi connectivity index (χ3n) is 9.64. The van der Waals surface area contributed by atoms with Gasteiger partial charge in [0.1, 0.15) is 23.2 Å². The lowest BCUT2D eigenvalue weighted by Gasteiger charge is -2.41. The summed E-state index contributed by atoms with van der Waals surface area (Å²) < 4.78 is 18.2. The van der Waals surface area contributed by atoms with Crippen molar-refractivity contribution in [2.45, 2.75) is 49.5 Å². The van der Waals surface area contributed by atoms with Gasteiger partial charge in [-0.25, -0.2) is 0 Å². The normalized spacial score (nSPS) is 34.9. The Bertz CT molecular complexity index is 1230. The van der Waals surface area contributed by atoms with Crippen LogP contribution in [0.3, 0.4) is 0 Å². The first-order chi connectivity index (χ1) is 20.5. The van der Waals surface area contributed by atoms with Crippen LogP contribution in [0.5, 0.6) is 0 Å². The number of aliphatic hydroxyl groups is 1. The predicted molar refractivity (Wildman–Crippen MR) is 153 cm³/mol. The van der Waals surface area contributed by atoms with Crippen molar-refractivity contribution in [1.82, 2.24) is 14.7 Å². The number of hydrogen-bond acceptors (Lipinski definition) is 8. The van der Waals surface area contributed by atoms with E-state index in [0.29, 0.717) is 51.3 Å². The molecular formula is C32H41N3O7. The molecule has 5 aliphatic heterocycles. The third-order valence-corrected chi connectivity index (χ3v) is 9.64. The molecule has 6 rings (SSSR count). The highest BCUT2D eigenvalue weighted by atomic mass is 16.6. The lowest BCUT2D eigenvalue weighted by atomic mass is 9.73. The van der Waals surface area contributed by atoms with Gasteiger partial charge < -0.3 is 29.1 Å². The number of nitrogens with zero attached hydrogens (tertiary/aromatic N) is 3. The molecule has 0 aromatic heterocycles. The minimum Gasteiger partial charge on any atom is -0.465 e. The molecule has 0 bridgehead atoms. The van der Waals surface area contributed by atoms with Crippen LogP contribution in [0.2, 0.25) is 0 Å². The van der Waals surface area contributed by atoms with Crippen LogP contribution in [-0.4, -0.2) is 114 Å². The second-order valence-electron chi connectivity index (χ2n) is 11.8. The van der Waals surface area contributed by atoms with Gasteiger partial charge in [-0.2, -0.15) is 0 Å². The maximum atomic E-state index is 14.7. The average molecular weight is 580 g/mol. The van der Waals surface area contributed by atoms with E-state index in [1.807, 2.05) is 61.6 Å². The van der Waals surface area contributed by atoms with Gasteiger partial charge in [-0.05, 0) is 24.8 Å². The number of carbonyl (C=O) groups excluding carboxylic acids is 3. The molecule has 6 atom stereocenters. The van der Waals surface area contributed by atoms with Gasteiger partial charge in [-0.15, -0.1) is 0 Å². The summed E-state index contributed by atoms with van der Waals surface area (Å²) in [6.07, 6.45) is 9.52. The number of esters is 1. The molecule has 0 saturated carbocycles. The topological polar surface area (TPSA) is 109 Å². The van der Waals surface area contributed by atoms with Crippen molar-refractivity contribution in [3.05, 3.63) is 60.2 Å². The largest absolute Gasteiger partial charge is 0.465 e. The number of morpholine rings is 1. The summed E-state index contributed by atoms with van der Waals surface area (Å²) in [5, 5.41) is 10.7. The van der Waals surface area contributed by atoms with Gasteiger partial charge in [0.15, 0.2) is 0 Å². The molecule has 42 heavy (non-hydrogen) atoms. The Balaban J connectivity index is 1.44. The van der Waals surface area contributed by atoms with Crippen LogP contribution in [0.25, 0.3) is 0 Å². The summed E-state index contributed by atoms with van der Waals surface area (Å²) in [4.78, 5) is 48.7. The number of rotatable bonds is 7. The van der Waals surface area contributed by atoms with E-state index < -0.39 is 41.1 Å². The zero-order chi connectivity index (χ0) is 29.3. The van der Waals surface area contributed by atoms with Crippen LogP contribution < -0.4 is 0 Å². The maximum absolute atomic E-state index is 14.7. The molecular weight excluding hydrogens is 538 g/mol. The van der Waals surface area contributed by atoms with Gasteiger partial charge in [0, 0.05) is 32.7 Å². The molecule has 10 nitrogen and oxygen atoms in total. The number of likely N-dealkylation sites (tertiary alicyclic amines) is 1. The summed E-state index contributed by atoms with van der Waals surface area (Å²) in [6, 6.07) is 7.40. The monoisotopic (exact) mass is 579 g/mol. The summed E-state index contributed by atoms with van der Waals surface area (Å²) in [5.41, 5.74) is -1.78. The van der Waals surface area contributed by atoms with Crippen molar-refractivity contribution in [1.29, 1.82) is 0 Å². The number of amides is 2. The zero-order valence-corrected chi connectivity index (χ0v) is 24.2. The lowest BCUT2D eigenvalue weighted by molar-refractivity contribution is -0.163. The Morgan fingerprint density at radius 1 is 0.976 bits per heavy atom. The Morgan fingerprint density at radius 3 is 2.50 bits per heavy atom. The van der Waals surface area contributed by atoms with Crippen LogP contribution in [0.1, 0.15) is 37.8 Å². The molecule has 1 aromatic rings. The summed E-state index contributed by atoms with van der Waals surface area (Å²) in [6.45, 7) is 6.26. The highest BCUT2D eigenvalue weighted by Gasteiger charge is 2.76. The maximum Gasteiger partial charge on any atom is 0.313 e. The molecule has 1 aromatic carbocycles. The highest BCUT2D eigenvalue weighted by Crippen LogP contribution is 2.59. The fraction of sp³-hybridized carbons (Fsp3) is 0.594. The Morgan fingerprint density at radius 2 is 1.76 bits per heavy atom. The number of ether oxygens (including phenoxy) is 3. The molecule has 3 saturated heterocycles. The molecule has 5 aliphatic rings. The van der Waals surface area contributed by atoms with E-state index in [-0.39, 0.29) is 25.0 Å². The number of fused-ring (bicyclic) bond motifs is 2. The third kappa shape index (κ3) is 4.78. The van der Waals surface area contributed by atoms with Gasteiger partial charge in [0.25, 0.3) is 0 Å². The summed E-state index contributed by atoms with van der Waals surface area (Å²) >= 11 is 0. The number of carbonyl (C=O) groups is 3. The average Bonchev–Trinajstić information content (AvgIpc) is 3.40. The molecule has 1 spiro atoms. The second-order valence-corrected chi connectivity index (χ2v) is 11.8. The zero-order valence-electron chi connectivity index (χ0n) is 24.2. The van der Waals surface area contributed by atoms with Gasteiger partial charge >= 0.3 is 5.97 Å². The van der Waals surface area contributed by atoms with Gasteiger partial charge in [-0.3, -0.25) is 19.3 Å². The molecule has 1 N–H and O–H groups in total. The van der Waals surface area contributed by atoms with E-state index in [9.17, 15) is 19.5 Å². The molecule has 0 radical (unpaired) electrons.